The second-order valence-corrected chi connectivity index (χ2v) is 11.4. The number of esters is 1. The number of rotatable bonds is 9. The molecule has 2 aliphatic heterocycles. The third kappa shape index (κ3) is 5.33. The van der Waals surface area contributed by atoms with Gasteiger partial charge in [0.25, 0.3) is 0 Å². The lowest BCUT2D eigenvalue weighted by molar-refractivity contribution is 0.0601. The van der Waals surface area contributed by atoms with Gasteiger partial charge in [0.1, 0.15) is 0 Å². The molecular weight excluding hydrogens is 494 g/mol. The highest BCUT2D eigenvalue weighted by Gasteiger charge is 2.30. The van der Waals surface area contributed by atoms with Crippen LogP contribution in [0.1, 0.15) is 80.6 Å². The number of hydrogen-bond acceptors (Lipinski definition) is 4. The Morgan fingerprint density at radius 3 is 2.55 bits per heavy atom. The molecule has 6 heteroatoms. The molecule has 3 aromatic rings. The third-order valence-electron chi connectivity index (χ3n) is 8.62. The van der Waals surface area contributed by atoms with Crippen molar-refractivity contribution < 1.29 is 9.53 Å². The molecular formula is C32H42ClN3O2. The maximum absolute atomic E-state index is 12.5. The number of carbonyl (C=O) groups excluding carboxylic acids is 1. The van der Waals surface area contributed by atoms with Gasteiger partial charge in [-0.25, -0.2) is 4.79 Å². The SMILES string of the molecule is CCCCC(CC)c1c2n(c3cc(C(=O)OC)ccc13)CCN(CCN1CCCCC1)c1cc(Cl)ccc1-2. The van der Waals surface area contributed by atoms with E-state index in [1.807, 2.05) is 18.2 Å². The molecule has 0 saturated carbocycles. The van der Waals surface area contributed by atoms with Gasteiger partial charge >= 0.3 is 5.97 Å². The van der Waals surface area contributed by atoms with Gasteiger partial charge in [0.05, 0.1) is 18.4 Å². The molecule has 1 unspecified atom stereocenters. The van der Waals surface area contributed by atoms with E-state index in [2.05, 4.69) is 46.4 Å². The van der Waals surface area contributed by atoms with E-state index in [4.69, 9.17) is 16.3 Å². The maximum atomic E-state index is 12.5. The van der Waals surface area contributed by atoms with Crippen LogP contribution in [-0.4, -0.2) is 55.3 Å². The largest absolute Gasteiger partial charge is 0.465 e. The molecule has 1 saturated heterocycles. The van der Waals surface area contributed by atoms with Crippen LogP contribution in [0.2, 0.25) is 5.02 Å². The normalized spacial score (nSPS) is 16.7. The van der Waals surface area contributed by atoms with Gasteiger partial charge in [0.15, 0.2) is 0 Å². The monoisotopic (exact) mass is 535 g/mol. The summed E-state index contributed by atoms with van der Waals surface area (Å²) in [6, 6.07) is 12.5. The molecule has 0 radical (unpaired) electrons. The molecule has 204 valence electrons. The van der Waals surface area contributed by atoms with E-state index in [1.165, 1.54) is 86.6 Å². The van der Waals surface area contributed by atoms with Crippen LogP contribution in [0.25, 0.3) is 22.2 Å². The average Bonchev–Trinajstić information content (AvgIpc) is 3.17. The van der Waals surface area contributed by atoms with Crippen molar-refractivity contribution in [3.63, 3.8) is 0 Å². The molecule has 0 spiro atoms. The zero-order valence-electron chi connectivity index (χ0n) is 23.3. The van der Waals surface area contributed by atoms with Crippen LogP contribution in [0, 0.1) is 0 Å². The summed E-state index contributed by atoms with van der Waals surface area (Å²) in [5, 5.41) is 2.04. The van der Waals surface area contributed by atoms with E-state index in [0.29, 0.717) is 11.5 Å². The zero-order chi connectivity index (χ0) is 26.6. The number of fused-ring (bicyclic) bond motifs is 5. The number of carbonyl (C=O) groups is 1. The van der Waals surface area contributed by atoms with Gasteiger partial charge < -0.3 is 19.1 Å². The van der Waals surface area contributed by atoms with Gasteiger partial charge in [-0.15, -0.1) is 0 Å². The van der Waals surface area contributed by atoms with E-state index < -0.39 is 0 Å². The van der Waals surface area contributed by atoms with E-state index in [0.717, 1.165) is 43.1 Å². The van der Waals surface area contributed by atoms with Crippen molar-refractivity contribution in [3.05, 3.63) is 52.5 Å². The van der Waals surface area contributed by atoms with Crippen molar-refractivity contribution in [1.29, 1.82) is 0 Å². The second-order valence-electron chi connectivity index (χ2n) is 10.9. The van der Waals surface area contributed by atoms with E-state index in [-0.39, 0.29) is 5.97 Å². The molecule has 5 rings (SSSR count). The van der Waals surface area contributed by atoms with Crippen LogP contribution in [0.5, 0.6) is 0 Å². The average molecular weight is 536 g/mol. The lowest BCUT2D eigenvalue weighted by Gasteiger charge is -2.31. The number of nitrogens with zero attached hydrogens (tertiary/aromatic N) is 3. The quantitative estimate of drug-likeness (QED) is 0.263. The predicted molar refractivity (Wildman–Crippen MR) is 159 cm³/mol. The van der Waals surface area contributed by atoms with E-state index in [9.17, 15) is 4.79 Å². The lowest BCUT2D eigenvalue weighted by atomic mass is 9.87. The number of ether oxygens (including phenoxy) is 1. The highest BCUT2D eigenvalue weighted by molar-refractivity contribution is 6.31. The van der Waals surface area contributed by atoms with Gasteiger partial charge in [-0.3, -0.25) is 0 Å². The fourth-order valence-electron chi connectivity index (χ4n) is 6.55. The van der Waals surface area contributed by atoms with Crippen LogP contribution < -0.4 is 4.90 Å². The highest BCUT2D eigenvalue weighted by Crippen LogP contribution is 2.46. The van der Waals surface area contributed by atoms with Gasteiger partial charge in [0, 0.05) is 53.4 Å². The van der Waals surface area contributed by atoms with Crippen molar-refractivity contribution in [2.75, 3.05) is 44.7 Å². The summed E-state index contributed by atoms with van der Waals surface area (Å²) in [6.45, 7) is 10.8. The number of anilines is 1. The number of halogens is 1. The van der Waals surface area contributed by atoms with E-state index >= 15 is 0 Å². The smallest absolute Gasteiger partial charge is 0.337 e. The molecule has 2 aromatic carbocycles. The Bertz CT molecular complexity index is 1280. The minimum Gasteiger partial charge on any atom is -0.465 e. The van der Waals surface area contributed by atoms with Crippen molar-refractivity contribution in [2.45, 2.75) is 71.3 Å². The molecule has 2 aliphatic rings. The summed E-state index contributed by atoms with van der Waals surface area (Å²) in [5.41, 5.74) is 6.95. The first-order valence-corrected chi connectivity index (χ1v) is 14.9. The predicted octanol–water partition coefficient (Wildman–Crippen LogP) is 7.74. The summed E-state index contributed by atoms with van der Waals surface area (Å²) in [6.07, 6.45) is 8.62. The van der Waals surface area contributed by atoms with Crippen LogP contribution >= 0.6 is 11.6 Å². The van der Waals surface area contributed by atoms with Gasteiger partial charge in [-0.2, -0.15) is 0 Å². The topological polar surface area (TPSA) is 37.7 Å². The number of likely N-dealkylation sites (tertiary alicyclic amines) is 1. The summed E-state index contributed by atoms with van der Waals surface area (Å²) >= 11 is 6.62. The first-order chi connectivity index (χ1) is 18.5. The van der Waals surface area contributed by atoms with E-state index in [1.54, 1.807) is 0 Å². The number of benzene rings is 2. The first kappa shape index (κ1) is 27.1. The first-order valence-electron chi connectivity index (χ1n) is 14.6. The van der Waals surface area contributed by atoms with Crippen molar-refractivity contribution >= 4 is 34.2 Å². The minimum absolute atomic E-state index is 0.286. The molecule has 1 fully saturated rings. The molecule has 0 bridgehead atoms. The second kappa shape index (κ2) is 12.1. The van der Waals surface area contributed by atoms with Gasteiger partial charge in [0.2, 0.25) is 0 Å². The summed E-state index contributed by atoms with van der Waals surface area (Å²) in [5.74, 6) is 0.173. The molecule has 1 aromatic heterocycles. The van der Waals surface area contributed by atoms with Crippen LogP contribution in [0.15, 0.2) is 36.4 Å². The van der Waals surface area contributed by atoms with Crippen LogP contribution in [-0.2, 0) is 11.3 Å². The Balaban J connectivity index is 1.65. The Kier molecular flexibility index (Phi) is 8.64. The van der Waals surface area contributed by atoms with Crippen LogP contribution in [0.4, 0.5) is 5.69 Å². The van der Waals surface area contributed by atoms with Crippen molar-refractivity contribution in [2.24, 2.45) is 0 Å². The molecule has 3 heterocycles. The van der Waals surface area contributed by atoms with Gasteiger partial charge in [-0.05, 0) is 80.6 Å². The molecule has 38 heavy (non-hydrogen) atoms. The third-order valence-corrected chi connectivity index (χ3v) is 8.85. The Morgan fingerprint density at radius 2 is 1.82 bits per heavy atom. The number of unbranched alkanes of at least 4 members (excludes halogenated alkanes) is 1. The number of aromatic nitrogens is 1. The molecule has 1 atom stereocenters. The Hall–Kier alpha value is -2.50. The zero-order valence-corrected chi connectivity index (χ0v) is 24.0. The Labute approximate surface area is 232 Å². The number of hydrogen-bond donors (Lipinski definition) is 0. The van der Waals surface area contributed by atoms with Crippen molar-refractivity contribution in [3.8, 4) is 11.3 Å². The van der Waals surface area contributed by atoms with Crippen molar-refractivity contribution in [1.82, 2.24) is 9.47 Å². The summed E-state index contributed by atoms with van der Waals surface area (Å²) < 4.78 is 7.55. The molecule has 0 aliphatic carbocycles. The number of piperidine rings is 1. The molecule has 0 N–H and O–H groups in total. The molecule has 0 amide bonds. The maximum Gasteiger partial charge on any atom is 0.337 e. The summed E-state index contributed by atoms with van der Waals surface area (Å²) in [4.78, 5) is 17.6. The fourth-order valence-corrected chi connectivity index (χ4v) is 6.71. The highest BCUT2D eigenvalue weighted by atomic mass is 35.5. The van der Waals surface area contributed by atoms with Crippen LogP contribution in [0.3, 0.4) is 0 Å². The van der Waals surface area contributed by atoms with Gasteiger partial charge in [-0.1, -0.05) is 50.8 Å². The lowest BCUT2D eigenvalue weighted by Crippen LogP contribution is -2.38. The Morgan fingerprint density at radius 1 is 1.00 bits per heavy atom. The fraction of sp³-hybridized carbons (Fsp3) is 0.531. The minimum atomic E-state index is -0.286. The standard InChI is InChI=1S/C32H42ClN3O2/c1-4-6-10-23(5-2)30-26-13-11-24(32(37)38-3)21-29(26)36-20-19-35(18-17-34-15-8-7-9-16-34)28-22-25(33)12-14-27(28)31(30)36/h11-14,21-23H,4-10,15-20H2,1-3H3. The molecule has 5 nitrogen and oxygen atoms in total. The summed E-state index contributed by atoms with van der Waals surface area (Å²) in [7, 11) is 1.45. The number of methoxy groups -OCH3 is 1.